The van der Waals surface area contributed by atoms with E-state index in [0.29, 0.717) is 17.4 Å². The number of hydrogen-bond donors (Lipinski definition) is 2. The van der Waals surface area contributed by atoms with Crippen LogP contribution in [0.5, 0.6) is 0 Å². The van der Waals surface area contributed by atoms with Crippen molar-refractivity contribution in [2.75, 3.05) is 32.7 Å². The molecule has 3 atom stereocenters. The first kappa shape index (κ1) is 18.0. The Morgan fingerprint density at radius 3 is 2.77 bits per heavy atom. The Balaban J connectivity index is 1.31. The normalized spacial score (nSPS) is 32.4. The largest absolute Gasteiger partial charge is 0.341 e. The molecule has 1 spiro atoms. The van der Waals surface area contributed by atoms with E-state index >= 15 is 0 Å². The number of hydrazine groups is 1. The minimum absolute atomic E-state index is 0.0436. The van der Waals surface area contributed by atoms with Gasteiger partial charge in [-0.05, 0) is 51.1 Å². The van der Waals surface area contributed by atoms with Crippen molar-refractivity contribution in [1.29, 1.82) is 0 Å². The van der Waals surface area contributed by atoms with Gasteiger partial charge in [-0.25, -0.2) is 5.43 Å². The number of rotatable bonds is 4. The van der Waals surface area contributed by atoms with Crippen LogP contribution in [0.3, 0.4) is 0 Å². The van der Waals surface area contributed by atoms with Crippen LogP contribution in [0, 0.1) is 5.41 Å². The van der Waals surface area contributed by atoms with E-state index in [4.69, 9.17) is 0 Å². The summed E-state index contributed by atoms with van der Waals surface area (Å²) in [6, 6.07) is 11.1. The van der Waals surface area contributed by atoms with Crippen LogP contribution < -0.4 is 10.9 Å². The summed E-state index contributed by atoms with van der Waals surface area (Å²) in [6.45, 7) is 7.48. The van der Waals surface area contributed by atoms with E-state index in [0.717, 1.165) is 45.4 Å². The third-order valence-electron chi connectivity index (χ3n) is 6.44. The fraction of sp³-hybridized carbons (Fsp3) is 0.667. The molecule has 0 aliphatic carbocycles. The molecule has 0 radical (unpaired) electrons. The van der Waals surface area contributed by atoms with E-state index < -0.39 is 0 Å². The Bertz CT molecular complexity index is 622. The number of carbonyl (C=O) groups excluding carboxylic acids is 1. The highest BCUT2D eigenvalue weighted by Gasteiger charge is 2.44. The van der Waals surface area contributed by atoms with Crippen molar-refractivity contribution >= 4 is 5.91 Å². The molecule has 0 saturated carbocycles. The number of carbonyl (C=O) groups is 1. The number of piperidine rings is 1. The van der Waals surface area contributed by atoms with Gasteiger partial charge in [-0.3, -0.25) is 10.2 Å². The molecule has 3 aliphatic heterocycles. The van der Waals surface area contributed by atoms with Gasteiger partial charge in [0.15, 0.2) is 0 Å². The van der Waals surface area contributed by atoms with Crippen LogP contribution in [0.15, 0.2) is 30.3 Å². The number of nitrogens with zero attached hydrogens (tertiary/aromatic N) is 2. The summed E-state index contributed by atoms with van der Waals surface area (Å²) >= 11 is 0. The molecule has 0 aromatic heterocycles. The van der Waals surface area contributed by atoms with Gasteiger partial charge in [0.25, 0.3) is 0 Å². The Morgan fingerprint density at radius 1 is 1.15 bits per heavy atom. The van der Waals surface area contributed by atoms with Crippen LogP contribution in [-0.2, 0) is 11.2 Å². The molecular formula is C21H32N4O. The van der Waals surface area contributed by atoms with Gasteiger partial charge in [-0.1, -0.05) is 30.3 Å². The summed E-state index contributed by atoms with van der Waals surface area (Å²) in [5.74, 6) is 0.292. The molecule has 2 N–H and O–H groups in total. The van der Waals surface area contributed by atoms with E-state index in [9.17, 15) is 4.79 Å². The number of amides is 1. The zero-order valence-electron chi connectivity index (χ0n) is 15.9. The molecule has 142 valence electrons. The van der Waals surface area contributed by atoms with Gasteiger partial charge in [0.1, 0.15) is 6.04 Å². The second kappa shape index (κ2) is 7.67. The van der Waals surface area contributed by atoms with E-state index in [1.165, 1.54) is 24.9 Å². The van der Waals surface area contributed by atoms with Gasteiger partial charge < -0.3 is 9.80 Å². The summed E-state index contributed by atoms with van der Waals surface area (Å²) in [4.78, 5) is 17.6. The number of hydrogen-bond acceptors (Lipinski definition) is 4. The number of benzene rings is 1. The first-order valence-corrected chi connectivity index (χ1v) is 10.2. The molecule has 26 heavy (non-hydrogen) atoms. The van der Waals surface area contributed by atoms with Crippen molar-refractivity contribution in [3.05, 3.63) is 35.9 Å². The van der Waals surface area contributed by atoms with Crippen LogP contribution in [0.4, 0.5) is 0 Å². The highest BCUT2D eigenvalue weighted by atomic mass is 16.2. The fourth-order valence-corrected chi connectivity index (χ4v) is 4.99. The maximum atomic E-state index is 12.8. The van der Waals surface area contributed by atoms with Gasteiger partial charge in [0.05, 0.1) is 0 Å². The van der Waals surface area contributed by atoms with Crippen molar-refractivity contribution in [3.63, 3.8) is 0 Å². The molecule has 4 rings (SSSR count). The fourth-order valence-electron chi connectivity index (χ4n) is 4.99. The lowest BCUT2D eigenvalue weighted by Crippen LogP contribution is -2.48. The first-order chi connectivity index (χ1) is 12.6. The molecule has 5 heteroatoms. The highest BCUT2D eigenvalue weighted by molar-refractivity contribution is 5.82. The first-order valence-electron chi connectivity index (χ1n) is 10.2. The van der Waals surface area contributed by atoms with E-state index in [-0.39, 0.29) is 6.04 Å². The van der Waals surface area contributed by atoms with Gasteiger partial charge in [0, 0.05) is 37.6 Å². The molecule has 3 unspecified atom stereocenters. The smallest absolute Gasteiger partial charge is 0.241 e. The molecule has 1 aromatic rings. The van der Waals surface area contributed by atoms with Crippen LogP contribution >= 0.6 is 0 Å². The zero-order valence-corrected chi connectivity index (χ0v) is 15.9. The average molecular weight is 357 g/mol. The van der Waals surface area contributed by atoms with Crippen LogP contribution in [-0.4, -0.2) is 60.5 Å². The molecule has 5 nitrogen and oxygen atoms in total. The maximum absolute atomic E-state index is 12.8. The van der Waals surface area contributed by atoms with Crippen molar-refractivity contribution in [2.24, 2.45) is 5.41 Å². The van der Waals surface area contributed by atoms with E-state index in [1.54, 1.807) is 0 Å². The Morgan fingerprint density at radius 2 is 2.00 bits per heavy atom. The second-order valence-electron chi connectivity index (χ2n) is 8.60. The predicted octanol–water partition coefficient (Wildman–Crippen LogP) is 1.80. The SMILES string of the molecule is CC1CC(C(=O)N2CCC3(CCCN(CCc4ccccc4)C3)C2)NN1. The minimum atomic E-state index is -0.0436. The van der Waals surface area contributed by atoms with E-state index in [1.807, 2.05) is 0 Å². The quantitative estimate of drug-likeness (QED) is 0.864. The molecule has 3 saturated heterocycles. The summed E-state index contributed by atoms with van der Waals surface area (Å²) in [5, 5.41) is 0. The summed E-state index contributed by atoms with van der Waals surface area (Å²) < 4.78 is 0. The van der Waals surface area contributed by atoms with E-state index in [2.05, 4.69) is 57.9 Å². The van der Waals surface area contributed by atoms with Crippen molar-refractivity contribution < 1.29 is 4.79 Å². The molecule has 3 heterocycles. The van der Waals surface area contributed by atoms with Crippen molar-refractivity contribution in [3.8, 4) is 0 Å². The van der Waals surface area contributed by atoms with Gasteiger partial charge in [-0.15, -0.1) is 0 Å². The summed E-state index contributed by atoms with van der Waals surface area (Å²) in [5.41, 5.74) is 8.09. The summed E-state index contributed by atoms with van der Waals surface area (Å²) in [6.07, 6.45) is 5.71. The Kier molecular flexibility index (Phi) is 5.30. The molecule has 3 aliphatic rings. The number of nitrogens with one attached hydrogen (secondary N) is 2. The Labute approximate surface area is 157 Å². The lowest BCUT2D eigenvalue weighted by atomic mass is 9.79. The Hall–Kier alpha value is -1.43. The average Bonchev–Trinajstić information content (AvgIpc) is 3.27. The molecule has 1 aromatic carbocycles. The van der Waals surface area contributed by atoms with Crippen LogP contribution in [0.2, 0.25) is 0 Å². The predicted molar refractivity (Wildman–Crippen MR) is 104 cm³/mol. The molecule has 3 fully saturated rings. The van der Waals surface area contributed by atoms with Crippen molar-refractivity contribution in [1.82, 2.24) is 20.7 Å². The lowest BCUT2D eigenvalue weighted by molar-refractivity contribution is -0.132. The van der Waals surface area contributed by atoms with Gasteiger partial charge in [0.2, 0.25) is 5.91 Å². The third kappa shape index (κ3) is 3.95. The minimum Gasteiger partial charge on any atom is -0.341 e. The molecule has 1 amide bonds. The topological polar surface area (TPSA) is 47.6 Å². The van der Waals surface area contributed by atoms with Crippen molar-refractivity contribution in [2.45, 2.75) is 51.1 Å². The standard InChI is InChI=1S/C21H32N4O/c1-17-14-19(23-22-17)20(26)25-13-10-21(16-25)9-5-11-24(15-21)12-8-18-6-3-2-4-7-18/h2-4,6-7,17,19,22-23H,5,8-16H2,1H3. The maximum Gasteiger partial charge on any atom is 0.241 e. The zero-order chi connectivity index (χ0) is 18.0. The van der Waals surface area contributed by atoms with Crippen LogP contribution in [0.1, 0.15) is 38.2 Å². The lowest BCUT2D eigenvalue weighted by Gasteiger charge is -2.40. The molecular weight excluding hydrogens is 324 g/mol. The van der Waals surface area contributed by atoms with Gasteiger partial charge >= 0.3 is 0 Å². The summed E-state index contributed by atoms with van der Waals surface area (Å²) in [7, 11) is 0. The highest BCUT2D eigenvalue weighted by Crippen LogP contribution is 2.39. The molecule has 0 bridgehead atoms. The third-order valence-corrected chi connectivity index (χ3v) is 6.44. The number of likely N-dealkylation sites (tertiary alicyclic amines) is 2. The van der Waals surface area contributed by atoms with Gasteiger partial charge in [-0.2, -0.15) is 0 Å². The monoisotopic (exact) mass is 356 g/mol. The second-order valence-corrected chi connectivity index (χ2v) is 8.60. The van der Waals surface area contributed by atoms with Crippen LogP contribution in [0.25, 0.3) is 0 Å².